The Morgan fingerprint density at radius 1 is 1.26 bits per heavy atom. The van der Waals surface area contributed by atoms with Crippen LogP contribution in [0, 0.1) is 11.3 Å². The van der Waals surface area contributed by atoms with Crippen molar-refractivity contribution in [1.82, 2.24) is 5.32 Å². The Bertz CT molecular complexity index is 367. The van der Waals surface area contributed by atoms with Crippen molar-refractivity contribution >= 4 is 11.3 Å². The topological polar surface area (TPSA) is 12.0 Å². The lowest BCUT2D eigenvalue weighted by atomic mass is 9.85. The zero-order valence-electron chi connectivity index (χ0n) is 12.9. The first-order valence-corrected chi connectivity index (χ1v) is 8.65. The van der Waals surface area contributed by atoms with Crippen LogP contribution in [-0.4, -0.2) is 6.04 Å². The molecule has 108 valence electrons. The summed E-state index contributed by atoms with van der Waals surface area (Å²) < 4.78 is 0. The van der Waals surface area contributed by atoms with Crippen molar-refractivity contribution in [2.75, 3.05) is 0 Å². The molecule has 1 N–H and O–H groups in total. The third kappa shape index (κ3) is 4.32. The molecule has 0 aliphatic heterocycles. The lowest BCUT2D eigenvalue weighted by molar-refractivity contribution is 0.300. The Labute approximate surface area is 122 Å². The molecule has 2 heteroatoms. The van der Waals surface area contributed by atoms with Gasteiger partial charge in [0.1, 0.15) is 0 Å². The largest absolute Gasteiger partial charge is 0.306 e. The number of nitrogens with one attached hydrogen (secondary N) is 1. The van der Waals surface area contributed by atoms with Gasteiger partial charge in [-0.2, -0.15) is 0 Å². The summed E-state index contributed by atoms with van der Waals surface area (Å²) in [7, 11) is 0. The van der Waals surface area contributed by atoms with Crippen molar-refractivity contribution in [2.45, 2.75) is 71.9 Å². The summed E-state index contributed by atoms with van der Waals surface area (Å²) in [4.78, 5) is 1.50. The predicted molar refractivity (Wildman–Crippen MR) is 85.7 cm³/mol. The van der Waals surface area contributed by atoms with Gasteiger partial charge in [-0.3, -0.25) is 0 Å². The molecule has 0 spiro atoms. The van der Waals surface area contributed by atoms with Gasteiger partial charge in [0.15, 0.2) is 0 Å². The fourth-order valence-electron chi connectivity index (χ4n) is 3.15. The SMILES string of the molecule is CC(C)C(NC1CCCC(C)(C)CC1)c1cccs1. The summed E-state index contributed by atoms with van der Waals surface area (Å²) in [5.74, 6) is 0.662. The van der Waals surface area contributed by atoms with Crippen molar-refractivity contribution in [3.63, 3.8) is 0 Å². The normalized spacial score (nSPS) is 25.2. The highest BCUT2D eigenvalue weighted by Gasteiger charge is 2.27. The number of hydrogen-bond acceptors (Lipinski definition) is 2. The van der Waals surface area contributed by atoms with Gasteiger partial charge < -0.3 is 5.32 Å². The molecule has 0 radical (unpaired) electrons. The predicted octanol–water partition coefficient (Wildman–Crippen LogP) is 5.39. The molecule has 1 fully saturated rings. The summed E-state index contributed by atoms with van der Waals surface area (Å²) in [5.41, 5.74) is 0.548. The van der Waals surface area contributed by atoms with E-state index in [-0.39, 0.29) is 0 Å². The Kier molecular flexibility index (Phi) is 5.08. The van der Waals surface area contributed by atoms with Gasteiger partial charge >= 0.3 is 0 Å². The van der Waals surface area contributed by atoms with Crippen molar-refractivity contribution in [2.24, 2.45) is 11.3 Å². The number of rotatable bonds is 4. The molecular weight excluding hydrogens is 250 g/mol. The minimum absolute atomic E-state index is 0.534. The van der Waals surface area contributed by atoms with E-state index in [0.29, 0.717) is 23.4 Å². The fraction of sp³-hybridized carbons (Fsp3) is 0.765. The van der Waals surface area contributed by atoms with E-state index >= 15 is 0 Å². The summed E-state index contributed by atoms with van der Waals surface area (Å²) in [6, 6.07) is 5.69. The molecule has 2 atom stereocenters. The van der Waals surface area contributed by atoms with Gasteiger partial charge in [0, 0.05) is 17.0 Å². The van der Waals surface area contributed by atoms with E-state index in [4.69, 9.17) is 0 Å². The first kappa shape index (κ1) is 15.1. The zero-order chi connectivity index (χ0) is 13.9. The van der Waals surface area contributed by atoms with Gasteiger partial charge in [-0.25, -0.2) is 0 Å². The minimum atomic E-state index is 0.534. The van der Waals surface area contributed by atoms with Gasteiger partial charge in [-0.1, -0.05) is 40.2 Å². The highest BCUT2D eigenvalue weighted by atomic mass is 32.1. The molecule has 1 nitrogen and oxygen atoms in total. The first-order valence-electron chi connectivity index (χ1n) is 7.77. The summed E-state index contributed by atoms with van der Waals surface area (Å²) in [6.07, 6.45) is 6.80. The van der Waals surface area contributed by atoms with Crippen LogP contribution in [0.5, 0.6) is 0 Å². The Balaban J connectivity index is 1.98. The van der Waals surface area contributed by atoms with Crippen molar-refractivity contribution in [3.8, 4) is 0 Å². The lowest BCUT2D eigenvalue weighted by Crippen LogP contribution is -2.35. The Morgan fingerprint density at radius 2 is 2.05 bits per heavy atom. The van der Waals surface area contributed by atoms with Crippen LogP contribution in [0.1, 0.15) is 70.7 Å². The monoisotopic (exact) mass is 279 g/mol. The fourth-order valence-corrected chi connectivity index (χ4v) is 4.11. The molecule has 1 saturated carbocycles. The molecule has 2 rings (SSSR count). The Morgan fingerprint density at radius 3 is 2.68 bits per heavy atom. The summed E-state index contributed by atoms with van der Waals surface area (Å²) in [6.45, 7) is 9.51. The maximum Gasteiger partial charge on any atom is 0.0440 e. The molecule has 1 aliphatic carbocycles. The van der Waals surface area contributed by atoms with E-state index in [1.54, 1.807) is 0 Å². The van der Waals surface area contributed by atoms with E-state index in [0.717, 1.165) is 0 Å². The van der Waals surface area contributed by atoms with Crippen LogP contribution in [0.2, 0.25) is 0 Å². The molecule has 1 aromatic heterocycles. The lowest BCUT2D eigenvalue weighted by Gasteiger charge is -2.28. The second-order valence-electron chi connectivity index (χ2n) is 7.20. The molecule has 0 bridgehead atoms. The third-order valence-electron chi connectivity index (χ3n) is 4.51. The molecule has 19 heavy (non-hydrogen) atoms. The molecular formula is C17H29NS. The molecule has 2 unspecified atom stereocenters. The molecule has 0 amide bonds. The summed E-state index contributed by atoms with van der Waals surface area (Å²) >= 11 is 1.89. The Hall–Kier alpha value is -0.340. The quantitative estimate of drug-likeness (QED) is 0.728. The van der Waals surface area contributed by atoms with Crippen LogP contribution in [0.3, 0.4) is 0 Å². The van der Waals surface area contributed by atoms with Crippen molar-refractivity contribution < 1.29 is 0 Å². The maximum atomic E-state index is 3.95. The smallest absolute Gasteiger partial charge is 0.0440 e. The van der Waals surface area contributed by atoms with Gasteiger partial charge in [-0.15, -0.1) is 11.3 Å². The van der Waals surface area contributed by atoms with E-state index in [9.17, 15) is 0 Å². The van der Waals surface area contributed by atoms with Gasteiger partial charge in [0.05, 0.1) is 0 Å². The minimum Gasteiger partial charge on any atom is -0.306 e. The van der Waals surface area contributed by atoms with Crippen molar-refractivity contribution in [1.29, 1.82) is 0 Å². The van der Waals surface area contributed by atoms with Gasteiger partial charge in [0.25, 0.3) is 0 Å². The number of hydrogen-bond donors (Lipinski definition) is 1. The van der Waals surface area contributed by atoms with Crippen LogP contribution in [-0.2, 0) is 0 Å². The van der Waals surface area contributed by atoms with Crippen LogP contribution in [0.4, 0.5) is 0 Å². The molecule has 1 heterocycles. The summed E-state index contributed by atoms with van der Waals surface area (Å²) in [5, 5.41) is 6.14. The average molecular weight is 279 g/mol. The van der Waals surface area contributed by atoms with Crippen LogP contribution >= 0.6 is 11.3 Å². The van der Waals surface area contributed by atoms with Crippen LogP contribution in [0.25, 0.3) is 0 Å². The molecule has 0 aromatic carbocycles. The molecule has 1 aliphatic rings. The standard InChI is InChI=1S/C17H29NS/c1-13(2)16(15-8-6-12-19-15)18-14-7-5-10-17(3,4)11-9-14/h6,8,12-14,16,18H,5,7,9-11H2,1-4H3. The van der Waals surface area contributed by atoms with Crippen LogP contribution in [0.15, 0.2) is 17.5 Å². The zero-order valence-corrected chi connectivity index (χ0v) is 13.7. The van der Waals surface area contributed by atoms with Gasteiger partial charge in [-0.05, 0) is 48.5 Å². The number of thiophene rings is 1. The van der Waals surface area contributed by atoms with E-state index in [2.05, 4.69) is 50.5 Å². The average Bonchev–Trinajstić information content (AvgIpc) is 2.79. The molecule has 0 saturated heterocycles. The van der Waals surface area contributed by atoms with Crippen LogP contribution < -0.4 is 5.32 Å². The van der Waals surface area contributed by atoms with Gasteiger partial charge in [0.2, 0.25) is 0 Å². The van der Waals surface area contributed by atoms with Crippen molar-refractivity contribution in [3.05, 3.63) is 22.4 Å². The van der Waals surface area contributed by atoms with E-state index < -0.39 is 0 Å². The second-order valence-corrected chi connectivity index (χ2v) is 8.18. The first-order chi connectivity index (χ1) is 8.98. The second kappa shape index (κ2) is 6.41. The third-order valence-corrected chi connectivity index (χ3v) is 5.46. The highest BCUT2D eigenvalue weighted by Crippen LogP contribution is 2.35. The highest BCUT2D eigenvalue weighted by molar-refractivity contribution is 7.10. The maximum absolute atomic E-state index is 3.95. The molecule has 1 aromatic rings. The van der Waals surface area contributed by atoms with E-state index in [1.807, 2.05) is 11.3 Å². The van der Waals surface area contributed by atoms with E-state index in [1.165, 1.54) is 37.0 Å².